The molecule has 5 rings (SSSR count). The number of benzene rings is 1. The Morgan fingerprint density at radius 3 is 2.51 bits per heavy atom. The summed E-state index contributed by atoms with van der Waals surface area (Å²) < 4.78 is 6.53. The van der Waals surface area contributed by atoms with E-state index >= 15 is 0 Å². The summed E-state index contributed by atoms with van der Waals surface area (Å²) in [5, 5.41) is 7.90. The number of hydrogen-bond donors (Lipinski definition) is 2. The van der Waals surface area contributed by atoms with E-state index in [0.717, 1.165) is 4.88 Å². The second-order valence-corrected chi connectivity index (χ2v) is 12.2. The fourth-order valence-corrected chi connectivity index (χ4v) is 6.47. The van der Waals surface area contributed by atoms with Crippen LogP contribution >= 0.6 is 11.3 Å². The summed E-state index contributed by atoms with van der Waals surface area (Å²) >= 11 is 1.54. The Labute approximate surface area is 220 Å². The van der Waals surface area contributed by atoms with Gasteiger partial charge in [0.1, 0.15) is 11.6 Å². The van der Waals surface area contributed by atoms with Crippen molar-refractivity contribution < 1.29 is 23.9 Å². The number of fused-ring (bicyclic) bond motifs is 1. The van der Waals surface area contributed by atoms with Crippen LogP contribution in [-0.4, -0.2) is 46.3 Å². The zero-order chi connectivity index (χ0) is 26.8. The van der Waals surface area contributed by atoms with E-state index in [-0.39, 0.29) is 23.5 Å². The van der Waals surface area contributed by atoms with Crippen molar-refractivity contribution in [3.8, 4) is 0 Å². The molecule has 1 aromatic carbocycles. The molecule has 8 nitrogen and oxygen atoms in total. The standard InChI is InChI=1S/C28H31N3O5S/c1-16(32)17-8-6-9-18(14-17)31-22(24(34)30-26(2,3)4)28-12-11-27(5,36-28)20(21(28)25(31)35)23(33)29-15-19-10-7-13-37-19/h6-14,20-22H,15H2,1-5H3,(H,29,33)(H,30,34)/t20-,21+,22-,27+,28+/m0/s1. The molecular weight excluding hydrogens is 490 g/mol. The maximum Gasteiger partial charge on any atom is 0.246 e. The second-order valence-electron chi connectivity index (χ2n) is 11.2. The number of ketones is 1. The van der Waals surface area contributed by atoms with Gasteiger partial charge in [-0.05, 0) is 58.2 Å². The number of anilines is 1. The van der Waals surface area contributed by atoms with Crippen molar-refractivity contribution in [3.05, 3.63) is 64.4 Å². The predicted molar refractivity (Wildman–Crippen MR) is 140 cm³/mol. The molecule has 0 aliphatic carbocycles. The molecule has 3 aliphatic rings. The number of hydrogen-bond acceptors (Lipinski definition) is 6. The fraction of sp³-hybridized carbons (Fsp3) is 0.429. The molecule has 2 N–H and O–H groups in total. The molecule has 2 bridgehead atoms. The molecule has 2 aromatic rings. The summed E-state index contributed by atoms with van der Waals surface area (Å²) in [5.41, 5.74) is -2.08. The number of thiophene rings is 1. The summed E-state index contributed by atoms with van der Waals surface area (Å²) in [6.45, 7) is 9.18. The molecule has 5 atom stereocenters. The molecule has 2 fully saturated rings. The second kappa shape index (κ2) is 8.63. The fourth-order valence-electron chi connectivity index (χ4n) is 5.82. The first kappa shape index (κ1) is 25.4. The number of rotatable bonds is 6. The zero-order valence-electron chi connectivity index (χ0n) is 21.5. The SMILES string of the molecule is CC(=O)c1cccc(N2C(=O)[C@H]3[C@@H](C(=O)NCc4cccs4)[C@@]4(C)C=C[C@]3(O4)[C@@H]2C(=O)NC(C)(C)C)c1. The van der Waals surface area contributed by atoms with Crippen molar-refractivity contribution in [1.29, 1.82) is 0 Å². The van der Waals surface area contributed by atoms with Crippen molar-refractivity contribution >= 4 is 40.5 Å². The minimum atomic E-state index is -1.32. The van der Waals surface area contributed by atoms with E-state index in [1.54, 1.807) is 43.3 Å². The quantitative estimate of drug-likeness (QED) is 0.449. The van der Waals surface area contributed by atoms with Crippen LogP contribution in [0.3, 0.4) is 0 Å². The summed E-state index contributed by atoms with van der Waals surface area (Å²) in [5.74, 6) is -2.93. The molecule has 2 saturated heterocycles. The average molecular weight is 522 g/mol. The van der Waals surface area contributed by atoms with Gasteiger partial charge in [0.05, 0.1) is 24.0 Å². The maximum absolute atomic E-state index is 14.2. The van der Waals surface area contributed by atoms with Crippen molar-refractivity contribution in [1.82, 2.24) is 10.6 Å². The largest absolute Gasteiger partial charge is 0.356 e. The first-order chi connectivity index (χ1) is 17.4. The lowest BCUT2D eigenvalue weighted by atomic mass is 9.70. The lowest BCUT2D eigenvalue weighted by Gasteiger charge is -2.35. The molecular formula is C28H31N3O5S. The van der Waals surface area contributed by atoms with E-state index in [1.807, 2.05) is 38.3 Å². The molecule has 0 radical (unpaired) electrons. The van der Waals surface area contributed by atoms with Crippen LogP contribution in [0.1, 0.15) is 49.9 Å². The first-order valence-corrected chi connectivity index (χ1v) is 13.2. The van der Waals surface area contributed by atoms with E-state index in [2.05, 4.69) is 10.6 Å². The monoisotopic (exact) mass is 521 g/mol. The molecule has 3 aliphatic heterocycles. The van der Waals surface area contributed by atoms with Gasteiger partial charge in [0.25, 0.3) is 0 Å². The Bertz CT molecular complexity index is 1310. The van der Waals surface area contributed by atoms with Crippen LogP contribution in [0.2, 0.25) is 0 Å². The highest BCUT2D eigenvalue weighted by atomic mass is 32.1. The molecule has 0 saturated carbocycles. The highest BCUT2D eigenvalue weighted by Gasteiger charge is 2.76. The average Bonchev–Trinajstić information content (AvgIpc) is 3.55. The van der Waals surface area contributed by atoms with Crippen LogP contribution in [0.5, 0.6) is 0 Å². The van der Waals surface area contributed by atoms with Gasteiger partial charge >= 0.3 is 0 Å². The van der Waals surface area contributed by atoms with Crippen LogP contribution < -0.4 is 15.5 Å². The van der Waals surface area contributed by atoms with Gasteiger partial charge in [-0.1, -0.05) is 30.4 Å². The number of amides is 3. The Morgan fingerprint density at radius 1 is 1.11 bits per heavy atom. The van der Waals surface area contributed by atoms with Gasteiger partial charge < -0.3 is 15.4 Å². The van der Waals surface area contributed by atoms with E-state index < -0.39 is 34.6 Å². The lowest BCUT2D eigenvalue weighted by Crippen LogP contribution is -2.58. The van der Waals surface area contributed by atoms with Gasteiger partial charge in [-0.2, -0.15) is 0 Å². The van der Waals surface area contributed by atoms with Gasteiger partial charge in [0, 0.05) is 21.7 Å². The summed E-state index contributed by atoms with van der Waals surface area (Å²) in [4.78, 5) is 56.1. The van der Waals surface area contributed by atoms with Gasteiger partial charge in [0.2, 0.25) is 17.7 Å². The lowest BCUT2D eigenvalue weighted by molar-refractivity contribution is -0.134. The predicted octanol–water partition coefficient (Wildman–Crippen LogP) is 3.23. The Hall–Kier alpha value is -3.30. The van der Waals surface area contributed by atoms with E-state index in [1.165, 1.54) is 23.2 Å². The summed E-state index contributed by atoms with van der Waals surface area (Å²) in [6.07, 6.45) is 3.58. The third-order valence-corrected chi connectivity index (χ3v) is 8.15. The highest BCUT2D eigenvalue weighted by molar-refractivity contribution is 7.09. The Kier molecular flexibility index (Phi) is 5.91. The number of carbonyl (C=O) groups is 4. The number of Topliss-reactive ketones (excluding diaryl/α,β-unsaturated/α-hetero) is 1. The third-order valence-electron chi connectivity index (χ3n) is 7.27. The number of carbonyl (C=O) groups excluding carboxylic acids is 4. The van der Waals surface area contributed by atoms with Crippen molar-refractivity contribution in [3.63, 3.8) is 0 Å². The number of nitrogens with zero attached hydrogens (tertiary/aromatic N) is 1. The summed E-state index contributed by atoms with van der Waals surface area (Å²) in [7, 11) is 0. The summed E-state index contributed by atoms with van der Waals surface area (Å²) in [6, 6.07) is 9.45. The van der Waals surface area contributed by atoms with Crippen LogP contribution in [0.15, 0.2) is 53.9 Å². The van der Waals surface area contributed by atoms with Gasteiger partial charge in [-0.25, -0.2) is 0 Å². The van der Waals surface area contributed by atoms with E-state index in [9.17, 15) is 19.2 Å². The van der Waals surface area contributed by atoms with Crippen LogP contribution in [0.4, 0.5) is 5.69 Å². The molecule has 3 amide bonds. The van der Waals surface area contributed by atoms with E-state index in [0.29, 0.717) is 17.8 Å². The molecule has 0 unspecified atom stereocenters. The van der Waals surface area contributed by atoms with Crippen molar-refractivity contribution in [2.24, 2.45) is 11.8 Å². The smallest absolute Gasteiger partial charge is 0.246 e. The highest BCUT2D eigenvalue weighted by Crippen LogP contribution is 2.60. The Morgan fingerprint density at radius 2 is 1.86 bits per heavy atom. The molecule has 194 valence electrons. The molecule has 4 heterocycles. The minimum Gasteiger partial charge on any atom is -0.356 e. The Balaban J connectivity index is 1.57. The molecule has 1 aromatic heterocycles. The molecule has 9 heteroatoms. The van der Waals surface area contributed by atoms with Gasteiger partial charge in [-0.15, -0.1) is 11.3 Å². The van der Waals surface area contributed by atoms with Gasteiger partial charge in [-0.3, -0.25) is 24.1 Å². The molecule has 1 spiro atoms. The van der Waals surface area contributed by atoms with Crippen molar-refractivity contribution in [2.45, 2.75) is 63.9 Å². The normalized spacial score (nSPS) is 29.9. The van der Waals surface area contributed by atoms with Crippen molar-refractivity contribution in [2.75, 3.05) is 4.90 Å². The van der Waals surface area contributed by atoms with Crippen LogP contribution in [0.25, 0.3) is 0 Å². The number of nitrogens with one attached hydrogen (secondary N) is 2. The number of ether oxygens (including phenoxy) is 1. The molecule has 37 heavy (non-hydrogen) atoms. The van der Waals surface area contributed by atoms with Crippen LogP contribution in [-0.2, 0) is 25.7 Å². The van der Waals surface area contributed by atoms with E-state index in [4.69, 9.17) is 4.74 Å². The topological polar surface area (TPSA) is 105 Å². The zero-order valence-corrected chi connectivity index (χ0v) is 22.3. The van der Waals surface area contributed by atoms with Gasteiger partial charge in [0.15, 0.2) is 5.78 Å². The third kappa shape index (κ3) is 4.10. The van der Waals surface area contributed by atoms with Crippen LogP contribution in [0, 0.1) is 11.8 Å². The first-order valence-electron chi connectivity index (χ1n) is 12.3. The maximum atomic E-state index is 14.2. The minimum absolute atomic E-state index is 0.155.